The van der Waals surface area contributed by atoms with E-state index >= 15 is 0 Å². The van der Waals surface area contributed by atoms with Crippen molar-refractivity contribution in [3.8, 4) is 0 Å². The molecule has 0 spiro atoms. The van der Waals surface area contributed by atoms with Crippen molar-refractivity contribution >= 4 is 40.3 Å². The maximum absolute atomic E-state index is 12.9. The first kappa shape index (κ1) is 14.8. The van der Waals surface area contributed by atoms with Gasteiger partial charge in [0.25, 0.3) is 0 Å². The molecule has 0 amide bonds. The van der Waals surface area contributed by atoms with Crippen LogP contribution in [0.1, 0.15) is 5.56 Å². The van der Waals surface area contributed by atoms with Gasteiger partial charge in [-0.25, -0.2) is 0 Å². The van der Waals surface area contributed by atoms with E-state index in [0.29, 0.717) is 11.4 Å². The number of nitrogens with one attached hydrogen (secondary N) is 1. The van der Waals surface area contributed by atoms with Crippen LogP contribution in [-0.2, 0) is 6.18 Å². The molecular weight excluding hydrogens is 312 g/mol. The highest BCUT2D eigenvalue weighted by Gasteiger charge is 2.33. The summed E-state index contributed by atoms with van der Waals surface area (Å²) in [4.78, 5) is 0. The average molecular weight is 321 g/mol. The van der Waals surface area contributed by atoms with Gasteiger partial charge in [0.1, 0.15) is 0 Å². The summed E-state index contributed by atoms with van der Waals surface area (Å²) in [5, 5.41) is 2.87. The van der Waals surface area contributed by atoms with Crippen molar-refractivity contribution in [2.75, 3.05) is 11.1 Å². The van der Waals surface area contributed by atoms with E-state index in [1.54, 1.807) is 0 Å². The molecule has 7 heteroatoms. The van der Waals surface area contributed by atoms with Crippen molar-refractivity contribution in [2.24, 2.45) is 0 Å². The van der Waals surface area contributed by atoms with Gasteiger partial charge in [-0.05, 0) is 36.4 Å². The van der Waals surface area contributed by atoms with Gasteiger partial charge in [0, 0.05) is 10.7 Å². The molecule has 0 unspecified atom stereocenters. The van der Waals surface area contributed by atoms with Crippen LogP contribution in [0.5, 0.6) is 0 Å². The van der Waals surface area contributed by atoms with Gasteiger partial charge in [-0.1, -0.05) is 23.2 Å². The smallest absolute Gasteiger partial charge is 0.399 e. The molecule has 0 atom stereocenters. The van der Waals surface area contributed by atoms with E-state index < -0.39 is 11.7 Å². The SMILES string of the molecule is Nc1ccc(Nc2ccc(Cl)cc2C(F)(F)F)c(Cl)c1. The molecule has 20 heavy (non-hydrogen) atoms. The summed E-state index contributed by atoms with van der Waals surface area (Å²) in [6.45, 7) is 0. The first-order valence-corrected chi connectivity index (χ1v) is 6.22. The quantitative estimate of drug-likeness (QED) is 0.733. The van der Waals surface area contributed by atoms with Gasteiger partial charge in [0.2, 0.25) is 0 Å². The van der Waals surface area contributed by atoms with E-state index in [9.17, 15) is 13.2 Å². The van der Waals surface area contributed by atoms with Crippen LogP contribution >= 0.6 is 23.2 Å². The van der Waals surface area contributed by atoms with E-state index in [1.807, 2.05) is 0 Å². The summed E-state index contributed by atoms with van der Waals surface area (Å²) in [5.74, 6) is 0. The predicted molar refractivity (Wildman–Crippen MR) is 75.6 cm³/mol. The monoisotopic (exact) mass is 320 g/mol. The lowest BCUT2D eigenvalue weighted by atomic mass is 10.1. The number of nitrogen functional groups attached to an aromatic ring is 1. The average Bonchev–Trinajstić information content (AvgIpc) is 2.33. The van der Waals surface area contributed by atoms with Crippen molar-refractivity contribution < 1.29 is 13.2 Å². The maximum Gasteiger partial charge on any atom is 0.418 e. The fourth-order valence-electron chi connectivity index (χ4n) is 1.64. The Morgan fingerprint density at radius 2 is 1.60 bits per heavy atom. The Morgan fingerprint density at radius 3 is 2.20 bits per heavy atom. The van der Waals surface area contributed by atoms with Gasteiger partial charge in [-0.3, -0.25) is 0 Å². The highest BCUT2D eigenvalue weighted by Crippen LogP contribution is 2.38. The highest BCUT2D eigenvalue weighted by atomic mass is 35.5. The van der Waals surface area contributed by atoms with Gasteiger partial charge in [-0.15, -0.1) is 0 Å². The number of nitrogens with two attached hydrogens (primary N) is 1. The lowest BCUT2D eigenvalue weighted by Crippen LogP contribution is -2.09. The third-order valence-electron chi connectivity index (χ3n) is 2.55. The molecule has 0 heterocycles. The zero-order valence-electron chi connectivity index (χ0n) is 9.93. The Bertz CT molecular complexity index is 642. The number of hydrogen-bond acceptors (Lipinski definition) is 2. The summed E-state index contributed by atoms with van der Waals surface area (Å²) in [5.41, 5.74) is 5.29. The molecule has 0 aliphatic carbocycles. The Balaban J connectivity index is 2.43. The Labute approximate surface area is 123 Å². The van der Waals surface area contributed by atoms with E-state index in [0.717, 1.165) is 6.07 Å². The van der Waals surface area contributed by atoms with Crippen molar-refractivity contribution in [1.29, 1.82) is 0 Å². The maximum atomic E-state index is 12.9. The van der Waals surface area contributed by atoms with Crippen LogP contribution < -0.4 is 11.1 Å². The fraction of sp³-hybridized carbons (Fsp3) is 0.0769. The minimum atomic E-state index is -4.52. The molecule has 0 radical (unpaired) electrons. The van der Waals surface area contributed by atoms with Crippen LogP contribution in [0, 0.1) is 0 Å². The van der Waals surface area contributed by atoms with E-state index in [2.05, 4.69) is 5.32 Å². The number of halogens is 5. The molecule has 2 aromatic carbocycles. The molecular formula is C13H9Cl2F3N2. The minimum Gasteiger partial charge on any atom is -0.399 e. The Kier molecular flexibility index (Phi) is 4.01. The normalized spacial score (nSPS) is 11.4. The summed E-state index contributed by atoms with van der Waals surface area (Å²) in [6, 6.07) is 7.97. The van der Waals surface area contributed by atoms with Gasteiger partial charge < -0.3 is 11.1 Å². The molecule has 0 aliphatic rings. The topological polar surface area (TPSA) is 38.0 Å². The third-order valence-corrected chi connectivity index (χ3v) is 3.10. The second-order valence-electron chi connectivity index (χ2n) is 4.05. The van der Waals surface area contributed by atoms with Crippen molar-refractivity contribution in [3.05, 3.63) is 52.0 Å². The first-order chi connectivity index (χ1) is 9.27. The Morgan fingerprint density at radius 1 is 0.950 bits per heavy atom. The van der Waals surface area contributed by atoms with Crippen molar-refractivity contribution in [2.45, 2.75) is 6.18 Å². The summed E-state index contributed by atoms with van der Waals surface area (Å²) >= 11 is 11.5. The van der Waals surface area contributed by atoms with Gasteiger partial charge in [0.15, 0.2) is 0 Å². The van der Waals surface area contributed by atoms with Gasteiger partial charge >= 0.3 is 6.18 Å². The number of anilines is 3. The molecule has 2 aromatic rings. The molecule has 3 N–H and O–H groups in total. The van der Waals surface area contributed by atoms with Crippen molar-refractivity contribution in [1.82, 2.24) is 0 Å². The van der Waals surface area contributed by atoms with Crippen LogP contribution in [0.4, 0.5) is 30.2 Å². The molecule has 106 valence electrons. The standard InChI is InChI=1S/C13H9Cl2F3N2/c14-7-1-3-11(9(5-7)13(16,17)18)20-12-4-2-8(19)6-10(12)15/h1-6,20H,19H2. The lowest BCUT2D eigenvalue weighted by molar-refractivity contribution is -0.136. The van der Waals surface area contributed by atoms with Gasteiger partial charge in [-0.2, -0.15) is 13.2 Å². The van der Waals surface area contributed by atoms with Crippen LogP contribution in [0.3, 0.4) is 0 Å². The zero-order valence-corrected chi connectivity index (χ0v) is 11.4. The van der Waals surface area contributed by atoms with Crippen molar-refractivity contribution in [3.63, 3.8) is 0 Å². The largest absolute Gasteiger partial charge is 0.418 e. The lowest BCUT2D eigenvalue weighted by Gasteiger charge is -2.16. The second-order valence-corrected chi connectivity index (χ2v) is 4.90. The van der Waals surface area contributed by atoms with Gasteiger partial charge in [0.05, 0.1) is 22.0 Å². The molecule has 0 aromatic heterocycles. The van der Waals surface area contributed by atoms with Crippen LogP contribution in [-0.4, -0.2) is 0 Å². The fourth-order valence-corrected chi connectivity index (χ4v) is 2.05. The van der Waals surface area contributed by atoms with Crippen LogP contribution in [0.15, 0.2) is 36.4 Å². The molecule has 0 fully saturated rings. The summed E-state index contributed by atoms with van der Waals surface area (Å²) in [6.07, 6.45) is -4.52. The molecule has 2 nitrogen and oxygen atoms in total. The van der Waals surface area contributed by atoms with Crippen LogP contribution in [0.25, 0.3) is 0 Å². The highest BCUT2D eigenvalue weighted by molar-refractivity contribution is 6.33. The molecule has 0 bridgehead atoms. The molecule has 2 rings (SSSR count). The Hall–Kier alpha value is -1.59. The molecule has 0 aliphatic heterocycles. The minimum absolute atomic E-state index is 0.00581. The predicted octanol–water partition coefficient (Wildman–Crippen LogP) is 5.34. The van der Waals surface area contributed by atoms with E-state index in [1.165, 1.54) is 30.3 Å². The van der Waals surface area contributed by atoms with Crippen LogP contribution in [0.2, 0.25) is 10.0 Å². The summed E-state index contributed by atoms with van der Waals surface area (Å²) in [7, 11) is 0. The number of benzene rings is 2. The first-order valence-electron chi connectivity index (χ1n) is 5.46. The zero-order chi connectivity index (χ0) is 14.9. The second kappa shape index (κ2) is 5.42. The molecule has 0 saturated heterocycles. The summed E-state index contributed by atoms with van der Waals surface area (Å²) < 4.78 is 38.8. The third kappa shape index (κ3) is 3.29. The van der Waals surface area contributed by atoms with E-state index in [-0.39, 0.29) is 15.7 Å². The molecule has 0 saturated carbocycles. The number of rotatable bonds is 2. The number of hydrogen-bond donors (Lipinski definition) is 2. The number of alkyl halides is 3. The van der Waals surface area contributed by atoms with E-state index in [4.69, 9.17) is 28.9 Å².